The number of amides is 1. The summed E-state index contributed by atoms with van der Waals surface area (Å²) in [7, 11) is 0. The number of primary amides is 1. The van der Waals surface area contributed by atoms with E-state index in [4.69, 9.17) is 5.73 Å². The van der Waals surface area contributed by atoms with Crippen molar-refractivity contribution in [3.63, 3.8) is 0 Å². The molecule has 0 spiro atoms. The molecule has 0 saturated heterocycles. The molecule has 2 N–H and O–H groups in total. The minimum absolute atomic E-state index is 0.335. The van der Waals surface area contributed by atoms with Crippen LogP contribution in [0.25, 0.3) is 0 Å². The summed E-state index contributed by atoms with van der Waals surface area (Å²) in [5.74, 6) is 0.333. The summed E-state index contributed by atoms with van der Waals surface area (Å²) in [5, 5.41) is 0. The van der Waals surface area contributed by atoms with E-state index in [9.17, 15) is 4.79 Å². The summed E-state index contributed by atoms with van der Waals surface area (Å²) in [6.45, 7) is 0. The van der Waals surface area contributed by atoms with E-state index in [1.807, 2.05) is 12.3 Å². The minimum Gasteiger partial charge on any atom is -0.364 e. The van der Waals surface area contributed by atoms with E-state index in [2.05, 4.69) is 4.98 Å². The average molecular weight is 182 g/mol. The monoisotopic (exact) mass is 182 g/mol. The Bertz CT molecular complexity index is 288. The van der Waals surface area contributed by atoms with Gasteiger partial charge in [0.1, 0.15) is 5.69 Å². The summed E-state index contributed by atoms with van der Waals surface area (Å²) in [4.78, 5) is 14.8. The Balaban J connectivity index is 2.88. The van der Waals surface area contributed by atoms with Crippen molar-refractivity contribution < 1.29 is 4.79 Å². The van der Waals surface area contributed by atoms with Crippen LogP contribution in [0, 0.1) is 0 Å². The fourth-order valence-electron chi connectivity index (χ4n) is 0.845. The zero-order chi connectivity index (χ0) is 8.97. The number of nitrogens with zero attached hydrogens (tertiary/aromatic N) is 1. The van der Waals surface area contributed by atoms with E-state index in [1.54, 1.807) is 23.9 Å². The first-order chi connectivity index (χ1) is 5.74. The van der Waals surface area contributed by atoms with Crippen molar-refractivity contribution in [1.82, 2.24) is 4.98 Å². The van der Waals surface area contributed by atoms with E-state index in [-0.39, 0.29) is 0 Å². The number of nitrogens with two attached hydrogens (primary N) is 1. The fourth-order valence-corrected chi connectivity index (χ4v) is 1.30. The van der Waals surface area contributed by atoms with Crippen LogP contribution in [0.3, 0.4) is 0 Å². The lowest BCUT2D eigenvalue weighted by atomic mass is 10.3. The van der Waals surface area contributed by atoms with Gasteiger partial charge in [-0.1, -0.05) is 6.07 Å². The Labute approximate surface area is 75.4 Å². The molecule has 0 bridgehead atoms. The first-order valence-electron chi connectivity index (χ1n) is 3.48. The van der Waals surface area contributed by atoms with E-state index < -0.39 is 5.91 Å². The van der Waals surface area contributed by atoms with Crippen molar-refractivity contribution in [2.45, 2.75) is 5.75 Å². The molecule has 1 aromatic heterocycles. The van der Waals surface area contributed by atoms with Crippen molar-refractivity contribution in [1.29, 1.82) is 0 Å². The lowest BCUT2D eigenvalue weighted by Crippen LogP contribution is -2.13. The lowest BCUT2D eigenvalue weighted by Gasteiger charge is -1.98. The van der Waals surface area contributed by atoms with Gasteiger partial charge in [0, 0.05) is 5.75 Å². The molecule has 0 radical (unpaired) electrons. The second-order valence-electron chi connectivity index (χ2n) is 2.31. The number of pyridine rings is 1. The van der Waals surface area contributed by atoms with Crippen molar-refractivity contribution in [2.75, 3.05) is 6.26 Å². The number of aromatic nitrogens is 1. The Morgan fingerprint density at radius 3 is 3.00 bits per heavy atom. The highest BCUT2D eigenvalue weighted by atomic mass is 32.2. The maximum atomic E-state index is 10.7. The maximum absolute atomic E-state index is 10.7. The minimum atomic E-state index is -0.474. The standard InChI is InChI=1S/C8H10N2OS/c1-12-5-6-3-2-4-7(10-6)8(9)11/h2-4H,5H2,1H3,(H2,9,11). The molecular formula is C8H10N2OS. The molecular weight excluding hydrogens is 172 g/mol. The topological polar surface area (TPSA) is 56.0 Å². The van der Waals surface area contributed by atoms with Crippen molar-refractivity contribution in [3.05, 3.63) is 29.6 Å². The van der Waals surface area contributed by atoms with E-state index >= 15 is 0 Å². The molecule has 0 aromatic carbocycles. The third-order valence-electron chi connectivity index (χ3n) is 1.35. The predicted octanol–water partition coefficient (Wildman–Crippen LogP) is 1.04. The van der Waals surface area contributed by atoms with Crippen molar-refractivity contribution in [2.24, 2.45) is 5.73 Å². The van der Waals surface area contributed by atoms with Crippen LogP contribution >= 0.6 is 11.8 Å². The Morgan fingerprint density at radius 2 is 2.42 bits per heavy atom. The van der Waals surface area contributed by atoms with Crippen LogP contribution in [-0.4, -0.2) is 17.1 Å². The second-order valence-corrected chi connectivity index (χ2v) is 3.18. The van der Waals surface area contributed by atoms with Crippen LogP contribution in [-0.2, 0) is 5.75 Å². The quantitative estimate of drug-likeness (QED) is 0.760. The van der Waals surface area contributed by atoms with Gasteiger partial charge in [-0.3, -0.25) is 4.79 Å². The molecule has 0 fully saturated rings. The second kappa shape index (κ2) is 4.11. The van der Waals surface area contributed by atoms with Gasteiger partial charge in [0.05, 0.1) is 5.69 Å². The molecule has 0 unspecified atom stereocenters. The zero-order valence-corrected chi connectivity index (χ0v) is 7.60. The van der Waals surface area contributed by atoms with E-state index in [1.165, 1.54) is 0 Å². The lowest BCUT2D eigenvalue weighted by molar-refractivity contribution is 0.0995. The van der Waals surface area contributed by atoms with Crippen LogP contribution in [0.4, 0.5) is 0 Å². The van der Waals surface area contributed by atoms with Crippen molar-refractivity contribution >= 4 is 17.7 Å². The molecule has 0 aliphatic heterocycles. The van der Waals surface area contributed by atoms with Gasteiger partial charge < -0.3 is 5.73 Å². The van der Waals surface area contributed by atoms with Crippen LogP contribution in [0.15, 0.2) is 18.2 Å². The molecule has 64 valence electrons. The van der Waals surface area contributed by atoms with E-state index in [0.717, 1.165) is 11.4 Å². The van der Waals surface area contributed by atoms with Crippen LogP contribution < -0.4 is 5.73 Å². The summed E-state index contributed by atoms with van der Waals surface area (Å²) in [6, 6.07) is 5.29. The molecule has 0 aliphatic carbocycles. The SMILES string of the molecule is CSCc1cccc(C(N)=O)n1. The number of thioether (sulfide) groups is 1. The molecule has 3 nitrogen and oxygen atoms in total. The van der Waals surface area contributed by atoms with Gasteiger partial charge in [-0.2, -0.15) is 11.8 Å². The van der Waals surface area contributed by atoms with Gasteiger partial charge in [-0.25, -0.2) is 4.98 Å². The van der Waals surface area contributed by atoms with Crippen molar-refractivity contribution in [3.8, 4) is 0 Å². The summed E-state index contributed by atoms with van der Waals surface area (Å²) < 4.78 is 0. The first kappa shape index (κ1) is 9.06. The number of hydrogen-bond acceptors (Lipinski definition) is 3. The first-order valence-corrected chi connectivity index (χ1v) is 4.88. The van der Waals surface area contributed by atoms with Gasteiger partial charge in [0.15, 0.2) is 0 Å². The van der Waals surface area contributed by atoms with E-state index in [0.29, 0.717) is 5.69 Å². The largest absolute Gasteiger partial charge is 0.364 e. The summed E-state index contributed by atoms with van der Waals surface area (Å²) >= 11 is 1.66. The molecule has 1 heterocycles. The summed E-state index contributed by atoms with van der Waals surface area (Å²) in [6.07, 6.45) is 1.98. The number of carbonyl (C=O) groups excluding carboxylic acids is 1. The molecule has 0 aliphatic rings. The Morgan fingerprint density at radius 1 is 1.67 bits per heavy atom. The third-order valence-corrected chi connectivity index (χ3v) is 1.94. The highest BCUT2D eigenvalue weighted by Crippen LogP contribution is 2.06. The number of rotatable bonds is 3. The molecule has 1 rings (SSSR count). The molecule has 1 aromatic rings. The molecule has 12 heavy (non-hydrogen) atoms. The van der Waals surface area contributed by atoms with Gasteiger partial charge >= 0.3 is 0 Å². The van der Waals surface area contributed by atoms with Crippen LogP contribution in [0.1, 0.15) is 16.2 Å². The van der Waals surface area contributed by atoms with Gasteiger partial charge in [-0.05, 0) is 18.4 Å². The van der Waals surface area contributed by atoms with Gasteiger partial charge in [0.25, 0.3) is 5.91 Å². The highest BCUT2D eigenvalue weighted by Gasteiger charge is 2.01. The summed E-state index contributed by atoms with van der Waals surface area (Å²) in [5.41, 5.74) is 6.29. The Hall–Kier alpha value is -1.03. The molecule has 1 amide bonds. The maximum Gasteiger partial charge on any atom is 0.267 e. The number of hydrogen-bond donors (Lipinski definition) is 1. The van der Waals surface area contributed by atoms with Gasteiger partial charge in [-0.15, -0.1) is 0 Å². The Kier molecular flexibility index (Phi) is 3.10. The average Bonchev–Trinajstić information content (AvgIpc) is 2.05. The molecule has 4 heteroatoms. The predicted molar refractivity (Wildman–Crippen MR) is 50.0 cm³/mol. The third kappa shape index (κ3) is 2.23. The zero-order valence-electron chi connectivity index (χ0n) is 6.78. The van der Waals surface area contributed by atoms with Crippen LogP contribution in [0.2, 0.25) is 0 Å². The highest BCUT2D eigenvalue weighted by molar-refractivity contribution is 7.97. The smallest absolute Gasteiger partial charge is 0.267 e. The van der Waals surface area contributed by atoms with Crippen LogP contribution in [0.5, 0.6) is 0 Å². The van der Waals surface area contributed by atoms with Gasteiger partial charge in [0.2, 0.25) is 0 Å². The molecule has 0 saturated carbocycles. The fraction of sp³-hybridized carbons (Fsp3) is 0.250. The molecule has 0 atom stereocenters. The number of carbonyl (C=O) groups is 1. The normalized spacial score (nSPS) is 9.75.